The van der Waals surface area contributed by atoms with Crippen LogP contribution in [0.15, 0.2) is 0 Å². The molecule has 1 aliphatic carbocycles. The van der Waals surface area contributed by atoms with Gasteiger partial charge in [-0.1, -0.05) is 6.42 Å². The standard InChI is InChI=1S/C13H26N2O2/c1-10(2)15(8-9-17-4)12(16)13(3)7-5-6-11(13)14/h10-11H,5-9,14H2,1-4H3. The van der Waals surface area contributed by atoms with E-state index in [1.54, 1.807) is 7.11 Å². The van der Waals surface area contributed by atoms with Gasteiger partial charge in [-0.3, -0.25) is 4.79 Å². The quantitative estimate of drug-likeness (QED) is 0.792. The Bertz CT molecular complexity index is 268. The third-order valence-corrected chi connectivity index (χ3v) is 3.94. The van der Waals surface area contributed by atoms with E-state index in [-0.39, 0.29) is 23.4 Å². The second kappa shape index (κ2) is 5.83. The summed E-state index contributed by atoms with van der Waals surface area (Å²) in [6.45, 7) is 7.31. The van der Waals surface area contributed by atoms with Crippen molar-refractivity contribution in [3.63, 3.8) is 0 Å². The van der Waals surface area contributed by atoms with Gasteiger partial charge in [-0.05, 0) is 33.6 Å². The topological polar surface area (TPSA) is 55.6 Å². The summed E-state index contributed by atoms with van der Waals surface area (Å²) in [5.41, 5.74) is 5.73. The number of nitrogens with zero attached hydrogens (tertiary/aromatic N) is 1. The number of nitrogens with two attached hydrogens (primary N) is 1. The van der Waals surface area contributed by atoms with Crippen LogP contribution in [-0.2, 0) is 9.53 Å². The lowest BCUT2D eigenvalue weighted by atomic mass is 9.83. The van der Waals surface area contributed by atoms with Gasteiger partial charge in [-0.25, -0.2) is 0 Å². The van der Waals surface area contributed by atoms with Crippen molar-refractivity contribution < 1.29 is 9.53 Å². The average Bonchev–Trinajstić information content (AvgIpc) is 2.60. The first-order valence-electron chi connectivity index (χ1n) is 6.49. The summed E-state index contributed by atoms with van der Waals surface area (Å²) in [6.07, 6.45) is 2.92. The molecule has 1 fully saturated rings. The summed E-state index contributed by atoms with van der Waals surface area (Å²) in [5.74, 6) is 0.189. The maximum Gasteiger partial charge on any atom is 0.230 e. The maximum absolute atomic E-state index is 12.6. The van der Waals surface area contributed by atoms with Crippen LogP contribution in [0.1, 0.15) is 40.0 Å². The minimum atomic E-state index is -0.377. The summed E-state index contributed by atoms with van der Waals surface area (Å²) < 4.78 is 5.07. The third kappa shape index (κ3) is 2.99. The second-order valence-electron chi connectivity index (χ2n) is 5.50. The Balaban J connectivity index is 2.76. The SMILES string of the molecule is COCCN(C(=O)C1(C)CCCC1N)C(C)C. The highest BCUT2D eigenvalue weighted by Gasteiger charge is 2.45. The van der Waals surface area contributed by atoms with E-state index in [9.17, 15) is 4.79 Å². The number of rotatable bonds is 5. The lowest BCUT2D eigenvalue weighted by molar-refractivity contribution is -0.144. The van der Waals surface area contributed by atoms with E-state index in [2.05, 4.69) is 0 Å². The van der Waals surface area contributed by atoms with Gasteiger partial charge in [0.1, 0.15) is 0 Å². The van der Waals surface area contributed by atoms with Gasteiger partial charge in [-0.2, -0.15) is 0 Å². The molecule has 2 N–H and O–H groups in total. The lowest BCUT2D eigenvalue weighted by Crippen LogP contribution is -2.52. The molecule has 1 saturated carbocycles. The molecular weight excluding hydrogens is 216 g/mol. The molecule has 4 heteroatoms. The zero-order valence-corrected chi connectivity index (χ0v) is 11.5. The molecule has 0 bridgehead atoms. The van der Waals surface area contributed by atoms with Gasteiger partial charge in [0.15, 0.2) is 0 Å². The summed E-state index contributed by atoms with van der Waals surface area (Å²) in [7, 11) is 1.66. The lowest BCUT2D eigenvalue weighted by Gasteiger charge is -2.36. The molecule has 1 aliphatic rings. The van der Waals surface area contributed by atoms with Crippen molar-refractivity contribution >= 4 is 5.91 Å². The monoisotopic (exact) mass is 242 g/mol. The Morgan fingerprint density at radius 3 is 2.65 bits per heavy atom. The van der Waals surface area contributed by atoms with Crippen LogP contribution in [0.4, 0.5) is 0 Å². The molecule has 17 heavy (non-hydrogen) atoms. The number of amides is 1. The molecule has 1 amide bonds. The van der Waals surface area contributed by atoms with Crippen LogP contribution >= 0.6 is 0 Å². The third-order valence-electron chi connectivity index (χ3n) is 3.94. The van der Waals surface area contributed by atoms with Crippen molar-refractivity contribution in [1.82, 2.24) is 4.90 Å². The van der Waals surface area contributed by atoms with Crippen LogP contribution in [-0.4, -0.2) is 43.2 Å². The Kier molecular flexibility index (Phi) is 4.95. The number of methoxy groups -OCH3 is 1. The average molecular weight is 242 g/mol. The minimum Gasteiger partial charge on any atom is -0.383 e. The van der Waals surface area contributed by atoms with Gasteiger partial charge in [0.2, 0.25) is 5.91 Å². The van der Waals surface area contributed by atoms with E-state index in [0.717, 1.165) is 19.3 Å². The predicted molar refractivity (Wildman–Crippen MR) is 68.7 cm³/mol. The van der Waals surface area contributed by atoms with Crippen LogP contribution < -0.4 is 5.73 Å². The van der Waals surface area contributed by atoms with Gasteiger partial charge < -0.3 is 15.4 Å². The van der Waals surface area contributed by atoms with Crippen LogP contribution in [0.5, 0.6) is 0 Å². The van der Waals surface area contributed by atoms with Crippen molar-refractivity contribution in [1.29, 1.82) is 0 Å². The Morgan fingerprint density at radius 1 is 1.59 bits per heavy atom. The first-order valence-corrected chi connectivity index (χ1v) is 6.49. The number of hydrogen-bond donors (Lipinski definition) is 1. The fraction of sp³-hybridized carbons (Fsp3) is 0.923. The van der Waals surface area contributed by atoms with Gasteiger partial charge in [0.05, 0.1) is 12.0 Å². The van der Waals surface area contributed by atoms with Crippen LogP contribution in [0, 0.1) is 5.41 Å². The molecule has 0 saturated heterocycles. The zero-order chi connectivity index (χ0) is 13.1. The highest BCUT2D eigenvalue weighted by Crippen LogP contribution is 2.38. The molecule has 2 atom stereocenters. The number of carbonyl (C=O) groups excluding carboxylic acids is 1. The summed E-state index contributed by atoms with van der Waals surface area (Å²) in [5, 5.41) is 0. The van der Waals surface area contributed by atoms with Crippen molar-refractivity contribution in [3.8, 4) is 0 Å². The molecule has 0 heterocycles. The molecule has 0 spiro atoms. The fourth-order valence-corrected chi connectivity index (χ4v) is 2.57. The summed E-state index contributed by atoms with van der Waals surface area (Å²) in [4.78, 5) is 14.5. The molecule has 100 valence electrons. The molecule has 0 aliphatic heterocycles. The molecule has 2 unspecified atom stereocenters. The highest BCUT2D eigenvalue weighted by molar-refractivity contribution is 5.83. The number of carbonyl (C=O) groups is 1. The van der Waals surface area contributed by atoms with Gasteiger partial charge in [0.25, 0.3) is 0 Å². The van der Waals surface area contributed by atoms with Gasteiger partial charge in [0, 0.05) is 25.7 Å². The predicted octanol–water partition coefficient (Wildman–Crippen LogP) is 1.39. The Labute approximate surface area is 104 Å². The Hall–Kier alpha value is -0.610. The van der Waals surface area contributed by atoms with Gasteiger partial charge >= 0.3 is 0 Å². The fourth-order valence-electron chi connectivity index (χ4n) is 2.57. The second-order valence-corrected chi connectivity index (χ2v) is 5.50. The van der Waals surface area contributed by atoms with E-state index in [1.165, 1.54) is 0 Å². The van der Waals surface area contributed by atoms with Crippen molar-refractivity contribution in [2.24, 2.45) is 11.1 Å². The van der Waals surface area contributed by atoms with Crippen molar-refractivity contribution in [3.05, 3.63) is 0 Å². The number of hydrogen-bond acceptors (Lipinski definition) is 3. The van der Waals surface area contributed by atoms with Crippen LogP contribution in [0.25, 0.3) is 0 Å². The normalized spacial score (nSPS) is 28.7. The van der Waals surface area contributed by atoms with Crippen molar-refractivity contribution in [2.45, 2.75) is 52.1 Å². The minimum absolute atomic E-state index is 0.00112. The Morgan fingerprint density at radius 2 is 2.24 bits per heavy atom. The van der Waals surface area contributed by atoms with Crippen LogP contribution in [0.3, 0.4) is 0 Å². The maximum atomic E-state index is 12.6. The highest BCUT2D eigenvalue weighted by atomic mass is 16.5. The largest absolute Gasteiger partial charge is 0.383 e. The summed E-state index contributed by atoms with van der Waals surface area (Å²) in [6, 6.07) is 0.195. The van der Waals surface area contributed by atoms with E-state index in [4.69, 9.17) is 10.5 Å². The molecule has 0 aromatic rings. The molecule has 0 aromatic heterocycles. The first-order chi connectivity index (χ1) is 7.93. The van der Waals surface area contributed by atoms with E-state index in [0.29, 0.717) is 13.2 Å². The van der Waals surface area contributed by atoms with Crippen molar-refractivity contribution in [2.75, 3.05) is 20.3 Å². The first kappa shape index (κ1) is 14.5. The van der Waals surface area contributed by atoms with E-state index in [1.807, 2.05) is 25.7 Å². The summed E-state index contributed by atoms with van der Waals surface area (Å²) >= 11 is 0. The molecule has 1 rings (SSSR count). The van der Waals surface area contributed by atoms with E-state index < -0.39 is 0 Å². The smallest absolute Gasteiger partial charge is 0.230 e. The molecule has 0 aromatic carbocycles. The number of ether oxygens (including phenoxy) is 1. The molecular formula is C13H26N2O2. The van der Waals surface area contributed by atoms with E-state index >= 15 is 0 Å². The molecule has 4 nitrogen and oxygen atoms in total. The zero-order valence-electron chi connectivity index (χ0n) is 11.5. The molecule has 0 radical (unpaired) electrons. The van der Waals surface area contributed by atoms with Gasteiger partial charge in [-0.15, -0.1) is 0 Å². The van der Waals surface area contributed by atoms with Crippen LogP contribution in [0.2, 0.25) is 0 Å².